The van der Waals surface area contributed by atoms with Crippen molar-refractivity contribution in [3.8, 4) is 5.75 Å². The van der Waals surface area contributed by atoms with Gasteiger partial charge in [-0.1, -0.05) is 30.7 Å². The van der Waals surface area contributed by atoms with Crippen molar-refractivity contribution >= 4 is 19.7 Å². The van der Waals surface area contributed by atoms with E-state index in [-0.39, 0.29) is 28.9 Å². The Morgan fingerprint density at radius 3 is 2.13 bits per heavy atom. The van der Waals surface area contributed by atoms with Crippen molar-refractivity contribution in [1.29, 1.82) is 0 Å². The molecule has 0 bridgehead atoms. The maximum Gasteiger partial charge on any atom is 0.435 e. The van der Waals surface area contributed by atoms with Crippen LogP contribution in [0.25, 0.3) is 0 Å². The van der Waals surface area contributed by atoms with Crippen LogP contribution in [0.1, 0.15) is 74.5 Å². The first-order valence-corrected chi connectivity index (χ1v) is 20.9. The standard InChI is InChI=1S/C37H45F9O6S2/c1-24-5-9-27(10-6-24)54(47,48)53-22-21-49-17-3-18-50-26-8-12-28-25(23-26)7-11-30-29(28)15-16-33(2)31(30)13-14-32(33)51-19-4-20-52-34(35(38,39)40,36(41,42)43)37(44,45)46/h5-6,8-10,12,23,29-32H,3-4,7,11,13-22H2,1-2H3/t29-,30-,31+,32+,33+/m1/s1. The number of halogens is 9. The Morgan fingerprint density at radius 2 is 1.46 bits per heavy atom. The average molecular weight is 821 g/mol. The van der Waals surface area contributed by atoms with E-state index in [4.69, 9.17) is 14.2 Å². The predicted molar refractivity (Wildman–Crippen MR) is 184 cm³/mol. The van der Waals surface area contributed by atoms with Gasteiger partial charge in [0.2, 0.25) is 8.87 Å². The fraction of sp³-hybridized carbons (Fsp3) is 0.676. The smallest absolute Gasteiger partial charge is 0.435 e. The summed E-state index contributed by atoms with van der Waals surface area (Å²) in [4.78, 5) is 0.272. The second-order valence-electron chi connectivity index (χ2n) is 14.5. The molecule has 54 heavy (non-hydrogen) atoms. The lowest BCUT2D eigenvalue weighted by Crippen LogP contribution is -2.67. The Labute approximate surface area is 313 Å². The zero-order chi connectivity index (χ0) is 39.6. The lowest BCUT2D eigenvalue weighted by atomic mass is 9.55. The third-order valence-electron chi connectivity index (χ3n) is 11.2. The van der Waals surface area contributed by atoms with Crippen molar-refractivity contribution in [2.24, 2.45) is 17.3 Å². The first-order valence-electron chi connectivity index (χ1n) is 18.0. The molecule has 3 aliphatic rings. The van der Waals surface area contributed by atoms with Crippen molar-refractivity contribution in [3.05, 3.63) is 59.2 Å². The Bertz CT molecular complexity index is 1630. The molecule has 17 heteroatoms. The van der Waals surface area contributed by atoms with Gasteiger partial charge >= 0.3 is 24.1 Å². The van der Waals surface area contributed by atoms with E-state index in [1.807, 2.05) is 13.0 Å². The molecule has 0 amide bonds. The van der Waals surface area contributed by atoms with E-state index in [0.29, 0.717) is 50.3 Å². The fourth-order valence-electron chi connectivity index (χ4n) is 8.54. The second-order valence-corrected chi connectivity index (χ2v) is 18.6. The zero-order valence-electron chi connectivity index (χ0n) is 29.9. The van der Waals surface area contributed by atoms with Crippen LogP contribution in [0.3, 0.4) is 0 Å². The number of hydrogen-bond donors (Lipinski definition) is 0. The van der Waals surface area contributed by atoms with Gasteiger partial charge in [0.25, 0.3) is 0 Å². The monoisotopic (exact) mass is 820 g/mol. The van der Waals surface area contributed by atoms with Gasteiger partial charge in [0.1, 0.15) is 5.75 Å². The lowest BCUT2D eigenvalue weighted by molar-refractivity contribution is -0.457. The number of benzene rings is 2. The van der Waals surface area contributed by atoms with E-state index in [2.05, 4.69) is 23.8 Å². The van der Waals surface area contributed by atoms with Crippen LogP contribution in [0.15, 0.2) is 47.4 Å². The SMILES string of the molecule is Cc1ccc(S(=O)(=O)SCCOCCCOc2ccc3c(c2)CC[C@@H]2[C@@H]3CC[C@]3(C)[C@@H](OCCCOC(C(F)(F)F)(C(F)(F)F)C(F)(F)F)CC[C@@H]23)cc1. The van der Waals surface area contributed by atoms with Crippen LogP contribution in [0.2, 0.25) is 0 Å². The highest BCUT2D eigenvalue weighted by Gasteiger charge is 2.85. The van der Waals surface area contributed by atoms with E-state index in [1.54, 1.807) is 24.3 Å². The van der Waals surface area contributed by atoms with Crippen LogP contribution >= 0.6 is 10.8 Å². The maximum absolute atomic E-state index is 13.2. The average Bonchev–Trinajstić information content (AvgIpc) is 3.41. The van der Waals surface area contributed by atoms with Gasteiger partial charge in [0, 0.05) is 25.4 Å². The summed E-state index contributed by atoms with van der Waals surface area (Å²) >= 11 is 0. The Balaban J connectivity index is 1.05. The van der Waals surface area contributed by atoms with E-state index in [0.717, 1.165) is 54.2 Å². The highest BCUT2D eigenvalue weighted by Crippen LogP contribution is 2.62. The predicted octanol–water partition coefficient (Wildman–Crippen LogP) is 9.98. The molecule has 0 unspecified atom stereocenters. The Kier molecular flexibility index (Phi) is 13.3. The third kappa shape index (κ3) is 8.99. The summed E-state index contributed by atoms with van der Waals surface area (Å²) in [6.45, 7) is 3.36. The minimum absolute atomic E-state index is 0.272. The highest BCUT2D eigenvalue weighted by atomic mass is 33.1. The molecule has 5 atom stereocenters. The van der Waals surface area contributed by atoms with Crippen LogP contribution in [-0.4, -0.2) is 77.4 Å². The molecule has 0 heterocycles. The number of ether oxygens (including phenoxy) is 4. The van der Waals surface area contributed by atoms with Gasteiger partial charge in [0.05, 0.1) is 30.8 Å². The molecular formula is C37H45F9O6S2. The molecular weight excluding hydrogens is 776 g/mol. The van der Waals surface area contributed by atoms with Gasteiger partial charge in [-0.3, -0.25) is 0 Å². The minimum Gasteiger partial charge on any atom is -0.493 e. The molecule has 0 radical (unpaired) electrons. The molecule has 0 aromatic heterocycles. The van der Waals surface area contributed by atoms with Gasteiger partial charge < -0.3 is 18.9 Å². The second kappa shape index (κ2) is 16.7. The summed E-state index contributed by atoms with van der Waals surface area (Å²) in [5.74, 6) is 2.01. The van der Waals surface area contributed by atoms with Crippen LogP contribution in [0.5, 0.6) is 5.75 Å². The number of alkyl halides is 9. The van der Waals surface area contributed by atoms with Gasteiger partial charge in [-0.25, -0.2) is 8.42 Å². The molecule has 2 saturated carbocycles. The van der Waals surface area contributed by atoms with Gasteiger partial charge in [-0.05, 0) is 121 Å². The summed E-state index contributed by atoms with van der Waals surface area (Å²) in [5, 5.41) is 0. The quantitative estimate of drug-likeness (QED) is 0.0949. The third-order valence-corrected chi connectivity index (χ3v) is 14.7. The number of hydrogen-bond acceptors (Lipinski definition) is 7. The molecule has 2 aromatic rings. The number of aryl methyl sites for hydroxylation is 2. The summed E-state index contributed by atoms with van der Waals surface area (Å²) in [6, 6.07) is 12.8. The van der Waals surface area contributed by atoms with Gasteiger partial charge in [-0.15, -0.1) is 0 Å². The van der Waals surface area contributed by atoms with Crippen LogP contribution in [0.4, 0.5) is 39.5 Å². The highest BCUT2D eigenvalue weighted by molar-refractivity contribution is 8.72. The normalized spacial score (nSPS) is 24.9. The van der Waals surface area contributed by atoms with E-state index < -0.39 is 46.0 Å². The first kappa shape index (κ1) is 42.9. The van der Waals surface area contributed by atoms with Crippen molar-refractivity contribution in [3.63, 3.8) is 0 Å². The summed E-state index contributed by atoms with van der Waals surface area (Å²) in [7, 11) is -2.58. The molecule has 0 spiro atoms. The molecule has 3 aliphatic carbocycles. The van der Waals surface area contributed by atoms with Gasteiger partial charge in [-0.2, -0.15) is 39.5 Å². The van der Waals surface area contributed by atoms with Crippen molar-refractivity contribution in [2.75, 3.05) is 38.8 Å². The first-order chi connectivity index (χ1) is 25.2. The van der Waals surface area contributed by atoms with Gasteiger partial charge in [0.15, 0.2) is 0 Å². The molecule has 304 valence electrons. The molecule has 6 nitrogen and oxygen atoms in total. The number of fused-ring (bicyclic) bond motifs is 5. The maximum atomic E-state index is 13.2. The van der Waals surface area contributed by atoms with Crippen LogP contribution in [0, 0.1) is 24.2 Å². The van der Waals surface area contributed by atoms with Crippen molar-refractivity contribution in [1.82, 2.24) is 0 Å². The lowest BCUT2D eigenvalue weighted by Gasteiger charge is -2.50. The molecule has 5 rings (SSSR count). The Hall–Kier alpha value is -2.21. The fourth-order valence-corrected chi connectivity index (χ4v) is 11.2. The van der Waals surface area contributed by atoms with Crippen LogP contribution < -0.4 is 4.74 Å². The molecule has 2 fully saturated rings. The molecule has 2 aromatic carbocycles. The number of rotatable bonds is 16. The minimum atomic E-state index is -6.75. The summed E-state index contributed by atoms with van der Waals surface area (Å²) < 4.78 is 164. The summed E-state index contributed by atoms with van der Waals surface area (Å²) in [6.07, 6.45) is -15.6. The largest absolute Gasteiger partial charge is 0.493 e. The van der Waals surface area contributed by atoms with E-state index in [1.165, 1.54) is 11.1 Å². The summed E-state index contributed by atoms with van der Waals surface area (Å²) in [5.41, 5.74) is -3.08. The van der Waals surface area contributed by atoms with E-state index >= 15 is 0 Å². The topological polar surface area (TPSA) is 71.1 Å². The van der Waals surface area contributed by atoms with Crippen LogP contribution in [-0.2, 0) is 29.5 Å². The van der Waals surface area contributed by atoms with Crippen molar-refractivity contribution in [2.45, 2.75) is 106 Å². The molecule has 0 saturated heterocycles. The zero-order valence-corrected chi connectivity index (χ0v) is 31.6. The molecule has 0 N–H and O–H groups in total. The van der Waals surface area contributed by atoms with Crippen molar-refractivity contribution < 1.29 is 66.9 Å². The Morgan fingerprint density at radius 1 is 0.796 bits per heavy atom. The van der Waals surface area contributed by atoms with E-state index in [9.17, 15) is 47.9 Å². The molecule has 0 aliphatic heterocycles.